The number of carbonyl (C=O) groups excluding carboxylic acids is 1. The van der Waals surface area contributed by atoms with E-state index in [0.29, 0.717) is 11.2 Å². The lowest BCUT2D eigenvalue weighted by Crippen LogP contribution is -2.37. The summed E-state index contributed by atoms with van der Waals surface area (Å²) in [6.45, 7) is 3.20. The van der Waals surface area contributed by atoms with Crippen LogP contribution < -0.4 is 15.5 Å². The molecule has 0 aliphatic carbocycles. The first kappa shape index (κ1) is 16.2. The van der Waals surface area contributed by atoms with Gasteiger partial charge in [0, 0.05) is 22.7 Å². The van der Waals surface area contributed by atoms with Crippen molar-refractivity contribution in [2.24, 2.45) is 0 Å². The van der Waals surface area contributed by atoms with Gasteiger partial charge in [-0.25, -0.2) is 4.79 Å². The first-order valence-corrected chi connectivity index (χ1v) is 9.16. The Morgan fingerprint density at radius 1 is 1.26 bits per heavy atom. The molecule has 6 nitrogen and oxygen atoms in total. The molecular formula is C15H18BrN5OS. The molecule has 0 bridgehead atoms. The van der Waals surface area contributed by atoms with Crippen LogP contribution >= 0.6 is 27.3 Å². The fourth-order valence-corrected chi connectivity index (χ4v) is 3.69. The average molecular weight is 396 g/mol. The highest BCUT2D eigenvalue weighted by Gasteiger charge is 2.22. The van der Waals surface area contributed by atoms with Gasteiger partial charge >= 0.3 is 6.03 Å². The topological polar surface area (TPSA) is 70.2 Å². The van der Waals surface area contributed by atoms with Crippen molar-refractivity contribution < 1.29 is 4.79 Å². The maximum absolute atomic E-state index is 12.0. The lowest BCUT2D eigenvalue weighted by atomic mass is 10.1. The maximum atomic E-state index is 12.0. The number of nitrogens with zero attached hydrogens (tertiary/aromatic N) is 3. The van der Waals surface area contributed by atoms with E-state index < -0.39 is 0 Å². The normalized spacial score (nSPS) is 17.8. The highest BCUT2D eigenvalue weighted by molar-refractivity contribution is 9.10. The predicted octanol–water partition coefficient (Wildman–Crippen LogP) is 4.32. The molecule has 0 radical (unpaired) electrons. The summed E-state index contributed by atoms with van der Waals surface area (Å²) in [5, 5.41) is 15.2. The van der Waals surface area contributed by atoms with Gasteiger partial charge in [-0.2, -0.15) is 0 Å². The Kier molecular flexibility index (Phi) is 5.12. The van der Waals surface area contributed by atoms with Crippen LogP contribution in [0.2, 0.25) is 0 Å². The first-order valence-electron chi connectivity index (χ1n) is 7.55. The third-order valence-corrected chi connectivity index (χ3v) is 5.19. The Bertz CT molecular complexity index is 675. The summed E-state index contributed by atoms with van der Waals surface area (Å²) in [6, 6.07) is 7.55. The van der Waals surface area contributed by atoms with Crippen molar-refractivity contribution in [1.82, 2.24) is 10.2 Å². The Balaban J connectivity index is 1.60. The minimum Gasteiger partial charge on any atom is -0.344 e. The fraction of sp³-hybridized carbons (Fsp3) is 0.400. The van der Waals surface area contributed by atoms with Crippen molar-refractivity contribution in [2.45, 2.75) is 32.2 Å². The molecule has 1 fully saturated rings. The number of nitrogens with one attached hydrogen (secondary N) is 2. The number of piperidine rings is 1. The minimum absolute atomic E-state index is 0.318. The lowest BCUT2D eigenvalue weighted by Gasteiger charge is -2.32. The molecule has 0 spiro atoms. The van der Waals surface area contributed by atoms with Gasteiger partial charge in [-0.05, 0) is 50.5 Å². The van der Waals surface area contributed by atoms with E-state index in [1.54, 1.807) is 0 Å². The van der Waals surface area contributed by atoms with Crippen molar-refractivity contribution in [3.63, 3.8) is 0 Å². The lowest BCUT2D eigenvalue weighted by molar-refractivity contribution is 0.262. The fourth-order valence-electron chi connectivity index (χ4n) is 2.56. The van der Waals surface area contributed by atoms with Crippen LogP contribution in [-0.2, 0) is 0 Å². The van der Waals surface area contributed by atoms with E-state index in [2.05, 4.69) is 48.6 Å². The number of anilines is 3. The van der Waals surface area contributed by atoms with E-state index in [1.807, 2.05) is 24.3 Å². The van der Waals surface area contributed by atoms with Crippen molar-refractivity contribution >= 4 is 49.2 Å². The average Bonchev–Trinajstić information content (AvgIpc) is 2.98. The Morgan fingerprint density at radius 3 is 2.78 bits per heavy atom. The summed E-state index contributed by atoms with van der Waals surface area (Å²) in [5.74, 6) is 0. The van der Waals surface area contributed by atoms with Crippen LogP contribution in [0.3, 0.4) is 0 Å². The molecule has 2 heterocycles. The van der Waals surface area contributed by atoms with Gasteiger partial charge < -0.3 is 10.2 Å². The van der Waals surface area contributed by atoms with Gasteiger partial charge in [0.2, 0.25) is 10.3 Å². The number of urea groups is 1. The largest absolute Gasteiger partial charge is 0.344 e. The number of aromatic nitrogens is 2. The number of rotatable bonds is 3. The molecule has 0 unspecified atom stereocenters. The Morgan fingerprint density at radius 2 is 2.04 bits per heavy atom. The number of hydrogen-bond acceptors (Lipinski definition) is 5. The molecule has 1 aliphatic heterocycles. The second kappa shape index (κ2) is 7.27. The maximum Gasteiger partial charge on any atom is 0.325 e. The zero-order valence-corrected chi connectivity index (χ0v) is 15.2. The van der Waals surface area contributed by atoms with Crippen molar-refractivity contribution in [3.05, 3.63) is 28.7 Å². The quantitative estimate of drug-likeness (QED) is 0.811. The smallest absolute Gasteiger partial charge is 0.325 e. The van der Waals surface area contributed by atoms with Crippen LogP contribution in [0.1, 0.15) is 26.2 Å². The van der Waals surface area contributed by atoms with Gasteiger partial charge in [0.1, 0.15) is 0 Å². The molecule has 1 aromatic carbocycles. The predicted molar refractivity (Wildman–Crippen MR) is 97.4 cm³/mol. The van der Waals surface area contributed by atoms with Crippen LogP contribution in [0.25, 0.3) is 0 Å². The molecule has 2 aromatic rings. The molecule has 8 heteroatoms. The second-order valence-corrected chi connectivity index (χ2v) is 7.39. The van der Waals surface area contributed by atoms with Crippen molar-refractivity contribution in [1.29, 1.82) is 0 Å². The summed E-state index contributed by atoms with van der Waals surface area (Å²) >= 11 is 4.77. The summed E-state index contributed by atoms with van der Waals surface area (Å²) < 4.78 is 0.966. The minimum atomic E-state index is -0.318. The summed E-state index contributed by atoms with van der Waals surface area (Å²) in [4.78, 5) is 14.3. The SMILES string of the molecule is C[C@@H]1CCCCN1c1nnc(NC(=O)Nc2ccc(Br)cc2)s1. The van der Waals surface area contributed by atoms with Gasteiger partial charge in [-0.15, -0.1) is 10.2 Å². The number of hydrogen-bond donors (Lipinski definition) is 2. The standard InChI is InChI=1S/C15H18BrN5OS/c1-10-4-2-3-9-21(10)15-20-19-14(23-15)18-13(22)17-12-7-5-11(16)6-8-12/h5-8,10H,2-4,9H2,1H3,(H2,17,18,19,22)/t10-/m1/s1. The third kappa shape index (κ3) is 4.20. The molecule has 0 saturated carbocycles. The molecule has 1 aromatic heterocycles. The molecule has 1 atom stereocenters. The molecule has 122 valence electrons. The zero-order valence-electron chi connectivity index (χ0n) is 12.8. The van der Waals surface area contributed by atoms with Crippen LogP contribution in [-0.4, -0.2) is 28.8 Å². The number of halogens is 1. The highest BCUT2D eigenvalue weighted by Crippen LogP contribution is 2.29. The van der Waals surface area contributed by atoms with Gasteiger partial charge in [-0.1, -0.05) is 27.3 Å². The second-order valence-electron chi connectivity index (χ2n) is 5.51. The third-order valence-electron chi connectivity index (χ3n) is 3.79. The number of benzene rings is 1. The molecule has 1 aliphatic rings. The summed E-state index contributed by atoms with van der Waals surface area (Å²) in [7, 11) is 0. The summed E-state index contributed by atoms with van der Waals surface area (Å²) in [6.07, 6.45) is 3.61. The first-order chi connectivity index (χ1) is 11.1. The van der Waals surface area contributed by atoms with E-state index in [0.717, 1.165) is 21.8 Å². The molecule has 1 saturated heterocycles. The van der Waals surface area contributed by atoms with E-state index in [9.17, 15) is 4.79 Å². The van der Waals surface area contributed by atoms with Crippen molar-refractivity contribution in [3.8, 4) is 0 Å². The highest BCUT2D eigenvalue weighted by atomic mass is 79.9. The van der Waals surface area contributed by atoms with Crippen LogP contribution in [0, 0.1) is 0 Å². The Hall–Kier alpha value is -1.67. The van der Waals surface area contributed by atoms with Gasteiger partial charge in [0.05, 0.1) is 0 Å². The van der Waals surface area contributed by atoms with Crippen LogP contribution in [0.15, 0.2) is 28.7 Å². The van der Waals surface area contributed by atoms with Gasteiger partial charge in [0.25, 0.3) is 0 Å². The van der Waals surface area contributed by atoms with E-state index in [1.165, 1.54) is 30.6 Å². The van der Waals surface area contributed by atoms with E-state index in [-0.39, 0.29) is 6.03 Å². The number of amides is 2. The zero-order chi connectivity index (χ0) is 16.2. The molecule has 2 N–H and O–H groups in total. The van der Waals surface area contributed by atoms with Gasteiger partial charge in [0.15, 0.2) is 0 Å². The molecule has 3 rings (SSSR count). The van der Waals surface area contributed by atoms with Gasteiger partial charge in [-0.3, -0.25) is 5.32 Å². The summed E-state index contributed by atoms with van der Waals surface area (Å²) in [5.41, 5.74) is 0.722. The van der Waals surface area contributed by atoms with Crippen LogP contribution in [0.4, 0.5) is 20.7 Å². The van der Waals surface area contributed by atoms with Crippen molar-refractivity contribution in [2.75, 3.05) is 22.1 Å². The monoisotopic (exact) mass is 395 g/mol. The van der Waals surface area contributed by atoms with E-state index >= 15 is 0 Å². The molecular weight excluding hydrogens is 378 g/mol. The Labute approximate surface area is 147 Å². The number of carbonyl (C=O) groups is 1. The molecule has 2 amide bonds. The molecule has 23 heavy (non-hydrogen) atoms. The van der Waals surface area contributed by atoms with Crippen LogP contribution in [0.5, 0.6) is 0 Å². The van der Waals surface area contributed by atoms with E-state index in [4.69, 9.17) is 0 Å².